The third-order valence-electron chi connectivity index (χ3n) is 5.67. The number of thiophene rings is 1. The van der Waals surface area contributed by atoms with E-state index in [1.807, 2.05) is 35.7 Å². The van der Waals surface area contributed by atoms with Gasteiger partial charge in [-0.15, -0.1) is 11.3 Å². The summed E-state index contributed by atoms with van der Waals surface area (Å²) >= 11 is 1.65. The predicted molar refractivity (Wildman–Crippen MR) is 112 cm³/mol. The molecule has 0 bridgehead atoms. The van der Waals surface area contributed by atoms with Gasteiger partial charge in [-0.2, -0.15) is 0 Å². The molecule has 2 aromatic heterocycles. The summed E-state index contributed by atoms with van der Waals surface area (Å²) in [5.74, 6) is 0.168. The zero-order valence-electron chi connectivity index (χ0n) is 16.3. The molecule has 0 aromatic carbocycles. The van der Waals surface area contributed by atoms with Crippen molar-refractivity contribution in [2.45, 2.75) is 50.5 Å². The van der Waals surface area contributed by atoms with Gasteiger partial charge in [-0.05, 0) is 36.4 Å². The van der Waals surface area contributed by atoms with Crippen molar-refractivity contribution >= 4 is 23.2 Å². The Kier molecular flexibility index (Phi) is 6.53. The molecule has 4 rings (SSSR count). The van der Waals surface area contributed by atoms with Crippen LogP contribution in [0.4, 0.5) is 0 Å². The van der Waals surface area contributed by atoms with Crippen molar-refractivity contribution in [3.63, 3.8) is 0 Å². The van der Waals surface area contributed by atoms with Crippen molar-refractivity contribution in [1.82, 2.24) is 25.8 Å². The zero-order chi connectivity index (χ0) is 20.1. The Morgan fingerprint density at radius 3 is 3.00 bits per heavy atom. The smallest absolute Gasteiger partial charge is 0.237 e. The molecule has 2 aliphatic rings. The van der Waals surface area contributed by atoms with E-state index in [-0.39, 0.29) is 29.9 Å². The minimum atomic E-state index is -0.107. The topological polar surface area (TPSA) is 86.4 Å². The van der Waals surface area contributed by atoms with E-state index >= 15 is 0 Å². The molecule has 2 fully saturated rings. The molecular formula is C21H27N5O2S. The van der Waals surface area contributed by atoms with Crippen LogP contribution in [0.15, 0.2) is 41.9 Å². The fraction of sp³-hybridized carbons (Fsp3) is 0.476. The Bertz CT molecular complexity index is 814. The molecule has 2 aliphatic heterocycles. The zero-order valence-corrected chi connectivity index (χ0v) is 17.2. The fourth-order valence-electron chi connectivity index (χ4n) is 4.13. The molecule has 29 heavy (non-hydrogen) atoms. The summed E-state index contributed by atoms with van der Waals surface area (Å²) in [6.45, 7) is 2.72. The van der Waals surface area contributed by atoms with Crippen molar-refractivity contribution < 1.29 is 9.59 Å². The molecule has 7 nitrogen and oxygen atoms in total. The standard InChI is InChI=1S/C21H27N5O2S/c27-20(24-13-18-5-3-9-29-18)7-6-17-12-25-21(28)19-10-16(14-26(17)19)23-11-15-4-1-2-8-22-15/h1-5,8-9,16-17,19,23H,6-7,10-14H2,(H,24,27)(H,25,28). The van der Waals surface area contributed by atoms with Gasteiger partial charge in [0.1, 0.15) is 0 Å². The van der Waals surface area contributed by atoms with Crippen LogP contribution in [0.5, 0.6) is 0 Å². The van der Waals surface area contributed by atoms with Gasteiger partial charge in [0.05, 0.1) is 18.3 Å². The van der Waals surface area contributed by atoms with Gasteiger partial charge in [-0.3, -0.25) is 19.5 Å². The van der Waals surface area contributed by atoms with Gasteiger partial charge in [0.15, 0.2) is 0 Å². The van der Waals surface area contributed by atoms with Crippen LogP contribution in [0.25, 0.3) is 0 Å². The van der Waals surface area contributed by atoms with Crippen LogP contribution < -0.4 is 16.0 Å². The van der Waals surface area contributed by atoms with Gasteiger partial charge in [0, 0.05) is 49.2 Å². The van der Waals surface area contributed by atoms with Gasteiger partial charge < -0.3 is 16.0 Å². The average molecular weight is 414 g/mol. The number of piperazine rings is 1. The lowest BCUT2D eigenvalue weighted by molar-refractivity contribution is -0.129. The average Bonchev–Trinajstić information content (AvgIpc) is 3.41. The van der Waals surface area contributed by atoms with Gasteiger partial charge in [-0.1, -0.05) is 12.1 Å². The summed E-state index contributed by atoms with van der Waals surface area (Å²) in [7, 11) is 0. The van der Waals surface area contributed by atoms with Crippen LogP contribution in [0.3, 0.4) is 0 Å². The first-order chi connectivity index (χ1) is 14.2. The van der Waals surface area contributed by atoms with Crippen LogP contribution in [-0.2, 0) is 22.7 Å². The van der Waals surface area contributed by atoms with Crippen LogP contribution in [0, 0.1) is 0 Å². The molecule has 2 aromatic rings. The van der Waals surface area contributed by atoms with E-state index in [1.54, 1.807) is 17.5 Å². The summed E-state index contributed by atoms with van der Waals surface area (Å²) in [4.78, 5) is 32.4. The summed E-state index contributed by atoms with van der Waals surface area (Å²) in [5.41, 5.74) is 1.00. The molecule has 8 heteroatoms. The van der Waals surface area contributed by atoms with Crippen LogP contribution in [0.2, 0.25) is 0 Å². The minimum Gasteiger partial charge on any atom is -0.353 e. The number of nitrogens with one attached hydrogen (secondary N) is 3. The number of carbonyl (C=O) groups excluding carboxylic acids is 2. The molecule has 3 N–H and O–H groups in total. The summed E-state index contributed by atoms with van der Waals surface area (Å²) in [6, 6.07) is 10.2. The number of carbonyl (C=O) groups is 2. The van der Waals surface area contributed by atoms with Gasteiger partial charge >= 0.3 is 0 Å². The highest BCUT2D eigenvalue weighted by molar-refractivity contribution is 7.09. The second-order valence-electron chi connectivity index (χ2n) is 7.64. The minimum absolute atomic E-state index is 0.0656. The molecule has 3 unspecified atom stereocenters. The number of aromatic nitrogens is 1. The largest absolute Gasteiger partial charge is 0.353 e. The lowest BCUT2D eigenvalue weighted by Crippen LogP contribution is -2.58. The third kappa shape index (κ3) is 5.20. The molecule has 0 spiro atoms. The quantitative estimate of drug-likeness (QED) is 0.607. The normalized spacial score (nSPS) is 24.1. The Balaban J connectivity index is 1.26. The van der Waals surface area contributed by atoms with Crippen LogP contribution in [0.1, 0.15) is 29.8 Å². The molecule has 0 aliphatic carbocycles. The maximum atomic E-state index is 12.3. The van der Waals surface area contributed by atoms with Crippen molar-refractivity contribution in [2.75, 3.05) is 13.1 Å². The summed E-state index contributed by atoms with van der Waals surface area (Å²) in [5, 5.41) is 11.6. The maximum Gasteiger partial charge on any atom is 0.237 e. The van der Waals surface area contributed by atoms with Crippen molar-refractivity contribution in [1.29, 1.82) is 0 Å². The number of rotatable bonds is 8. The summed E-state index contributed by atoms with van der Waals surface area (Å²) in [6.07, 6.45) is 3.81. The summed E-state index contributed by atoms with van der Waals surface area (Å²) < 4.78 is 0. The monoisotopic (exact) mass is 413 g/mol. The molecule has 0 saturated carbocycles. The maximum absolute atomic E-state index is 12.3. The molecule has 2 amide bonds. The van der Waals surface area contributed by atoms with E-state index < -0.39 is 0 Å². The molecule has 3 atom stereocenters. The van der Waals surface area contributed by atoms with Gasteiger partial charge in [0.25, 0.3) is 0 Å². The van der Waals surface area contributed by atoms with E-state index in [4.69, 9.17) is 0 Å². The van der Waals surface area contributed by atoms with E-state index in [2.05, 4.69) is 25.8 Å². The Hall–Kier alpha value is -2.29. The SMILES string of the molecule is O=C(CCC1CNC(=O)C2CC(NCc3ccccn3)CN12)NCc1cccs1. The second kappa shape index (κ2) is 9.47. The first-order valence-corrected chi connectivity index (χ1v) is 11.0. The lowest BCUT2D eigenvalue weighted by Gasteiger charge is -2.37. The van der Waals surface area contributed by atoms with E-state index in [9.17, 15) is 9.59 Å². The molecule has 0 radical (unpaired) electrons. The van der Waals surface area contributed by atoms with Gasteiger partial charge in [-0.25, -0.2) is 0 Å². The molecule has 154 valence electrons. The van der Waals surface area contributed by atoms with E-state index in [0.717, 1.165) is 30.0 Å². The van der Waals surface area contributed by atoms with E-state index in [0.29, 0.717) is 26.1 Å². The van der Waals surface area contributed by atoms with Crippen LogP contribution in [-0.4, -0.2) is 52.9 Å². The number of hydrogen-bond donors (Lipinski definition) is 3. The first-order valence-electron chi connectivity index (χ1n) is 10.1. The molecule has 4 heterocycles. The van der Waals surface area contributed by atoms with Crippen molar-refractivity contribution in [2.24, 2.45) is 0 Å². The van der Waals surface area contributed by atoms with E-state index in [1.165, 1.54) is 0 Å². The number of nitrogens with zero attached hydrogens (tertiary/aromatic N) is 2. The van der Waals surface area contributed by atoms with Crippen molar-refractivity contribution in [3.05, 3.63) is 52.5 Å². The predicted octanol–water partition coefficient (Wildman–Crippen LogP) is 1.27. The highest BCUT2D eigenvalue weighted by atomic mass is 32.1. The highest BCUT2D eigenvalue weighted by Crippen LogP contribution is 2.26. The Morgan fingerprint density at radius 1 is 1.28 bits per heavy atom. The number of amides is 2. The van der Waals surface area contributed by atoms with Crippen LogP contribution >= 0.6 is 11.3 Å². The number of pyridine rings is 1. The first kappa shape index (κ1) is 20.0. The number of fused-ring (bicyclic) bond motifs is 1. The number of hydrogen-bond acceptors (Lipinski definition) is 6. The Labute approximate surface area is 174 Å². The Morgan fingerprint density at radius 2 is 2.21 bits per heavy atom. The molecular weight excluding hydrogens is 386 g/mol. The second-order valence-corrected chi connectivity index (χ2v) is 8.67. The third-order valence-corrected chi connectivity index (χ3v) is 6.54. The fourth-order valence-corrected chi connectivity index (χ4v) is 4.77. The highest BCUT2D eigenvalue weighted by Gasteiger charge is 2.43. The van der Waals surface area contributed by atoms with Crippen molar-refractivity contribution in [3.8, 4) is 0 Å². The lowest BCUT2D eigenvalue weighted by atomic mass is 10.0. The molecule has 2 saturated heterocycles. The van der Waals surface area contributed by atoms with Gasteiger partial charge in [0.2, 0.25) is 11.8 Å².